The molecule has 0 aromatic rings. The minimum atomic E-state index is -5.36. The molecule has 2 N–H and O–H groups in total. The molecule has 2 atom stereocenters. The molecule has 1 aliphatic heterocycles. The fourth-order valence-corrected chi connectivity index (χ4v) is 1.51. The highest BCUT2D eigenvalue weighted by Gasteiger charge is 2.68. The van der Waals surface area contributed by atoms with Crippen molar-refractivity contribution in [1.29, 1.82) is 0 Å². The Morgan fingerprint density at radius 2 is 2.06 bits per heavy atom. The summed E-state index contributed by atoms with van der Waals surface area (Å²) < 4.78 is 42.2. The second-order valence-corrected chi connectivity index (χ2v) is 3.42. The number of alkyl halides is 3. The van der Waals surface area contributed by atoms with E-state index in [9.17, 15) is 27.9 Å². The number of hydrogen-bond donors (Lipinski definition) is 2. The molecule has 0 saturated carbocycles. The summed E-state index contributed by atoms with van der Waals surface area (Å²) in [5.41, 5.74) is -2.52. The van der Waals surface area contributed by atoms with E-state index in [1.165, 1.54) is 0 Å². The quantitative estimate of drug-likeness (QED) is 0.655. The van der Waals surface area contributed by atoms with Gasteiger partial charge in [0.05, 0.1) is 12.8 Å². The van der Waals surface area contributed by atoms with E-state index in [2.05, 4.69) is 9.84 Å². The van der Waals surface area contributed by atoms with Crippen molar-refractivity contribution in [3.63, 3.8) is 0 Å². The number of ether oxygens (including phenoxy) is 1. The van der Waals surface area contributed by atoms with Crippen LogP contribution in [-0.4, -0.2) is 41.6 Å². The summed E-state index contributed by atoms with van der Waals surface area (Å²) >= 11 is 0. The van der Waals surface area contributed by atoms with Crippen molar-refractivity contribution in [2.75, 3.05) is 7.11 Å². The minimum Gasteiger partial charge on any atom is -0.467 e. The van der Waals surface area contributed by atoms with E-state index in [-0.39, 0.29) is 5.71 Å². The van der Waals surface area contributed by atoms with Crippen LogP contribution in [0.3, 0.4) is 0 Å². The van der Waals surface area contributed by atoms with Gasteiger partial charge in [-0.3, -0.25) is 4.79 Å². The highest BCUT2D eigenvalue weighted by Crippen LogP contribution is 2.39. The van der Waals surface area contributed by atoms with Gasteiger partial charge in [0.2, 0.25) is 0 Å². The van der Waals surface area contributed by atoms with Crippen LogP contribution in [0, 0.1) is 5.92 Å². The molecule has 0 saturated heterocycles. The zero-order valence-electron chi connectivity index (χ0n) is 8.83. The molecule has 0 aliphatic carbocycles. The normalized spacial score (nSPS) is 23.8. The summed E-state index contributed by atoms with van der Waals surface area (Å²) in [5, 5.41) is 12.8. The molecule has 17 heavy (non-hydrogen) atoms. The van der Waals surface area contributed by atoms with Crippen molar-refractivity contribution in [1.82, 2.24) is 5.43 Å². The molecule has 0 bridgehead atoms. The van der Waals surface area contributed by atoms with Crippen LogP contribution in [0.15, 0.2) is 5.10 Å². The SMILES string of the molecule is COC(=O)C(O)(C1C(=O)NN=C1C)C(F)(F)F. The van der Waals surface area contributed by atoms with Crippen LogP contribution in [0.25, 0.3) is 0 Å². The Kier molecular flexibility index (Phi) is 3.15. The van der Waals surface area contributed by atoms with Gasteiger partial charge in [-0.15, -0.1) is 0 Å². The molecule has 6 nitrogen and oxygen atoms in total. The van der Waals surface area contributed by atoms with Crippen LogP contribution in [0.4, 0.5) is 13.2 Å². The molecular formula is C8H9F3N2O4. The first-order valence-electron chi connectivity index (χ1n) is 4.37. The van der Waals surface area contributed by atoms with Gasteiger partial charge in [0.1, 0.15) is 5.92 Å². The monoisotopic (exact) mass is 254 g/mol. The van der Waals surface area contributed by atoms with Crippen molar-refractivity contribution in [3.05, 3.63) is 0 Å². The van der Waals surface area contributed by atoms with E-state index in [0.29, 0.717) is 7.11 Å². The number of halogens is 3. The maximum atomic E-state index is 12.8. The van der Waals surface area contributed by atoms with Crippen LogP contribution in [-0.2, 0) is 14.3 Å². The smallest absolute Gasteiger partial charge is 0.429 e. The van der Waals surface area contributed by atoms with E-state index in [1.54, 1.807) is 5.43 Å². The van der Waals surface area contributed by atoms with E-state index in [0.717, 1.165) is 6.92 Å². The van der Waals surface area contributed by atoms with E-state index in [4.69, 9.17) is 0 Å². The Labute approximate surface area is 93.4 Å². The Balaban J connectivity index is 3.30. The summed E-state index contributed by atoms with van der Waals surface area (Å²) in [5.74, 6) is -5.32. The lowest BCUT2D eigenvalue weighted by molar-refractivity contribution is -0.268. The standard InChI is InChI=1S/C8H9F3N2O4/c1-3-4(5(14)13-12-3)7(16,6(15)17-2)8(9,10)11/h4,16H,1-2H3,(H,13,14). The molecule has 96 valence electrons. The number of hydrazone groups is 1. The molecule has 9 heteroatoms. The first-order chi connectivity index (χ1) is 7.66. The Bertz CT molecular complexity index is 393. The largest absolute Gasteiger partial charge is 0.467 e. The van der Waals surface area contributed by atoms with Crippen molar-refractivity contribution >= 4 is 17.6 Å². The Morgan fingerprint density at radius 3 is 2.35 bits per heavy atom. The number of carbonyl (C=O) groups is 2. The van der Waals surface area contributed by atoms with Gasteiger partial charge in [0.25, 0.3) is 11.5 Å². The van der Waals surface area contributed by atoms with Crippen LogP contribution < -0.4 is 5.43 Å². The Morgan fingerprint density at radius 1 is 1.53 bits per heavy atom. The summed E-state index contributed by atoms with van der Waals surface area (Å²) in [6, 6.07) is 0. The fraction of sp³-hybridized carbons (Fsp3) is 0.625. The van der Waals surface area contributed by atoms with Gasteiger partial charge in [-0.25, -0.2) is 10.2 Å². The predicted molar refractivity (Wildman–Crippen MR) is 47.8 cm³/mol. The van der Waals surface area contributed by atoms with Gasteiger partial charge in [-0.05, 0) is 6.92 Å². The highest BCUT2D eigenvalue weighted by atomic mass is 19.4. The predicted octanol–water partition coefficient (Wildman–Crippen LogP) is -0.425. The summed E-state index contributed by atoms with van der Waals surface area (Å²) in [6.45, 7) is 1.09. The number of nitrogens with zero attached hydrogens (tertiary/aromatic N) is 1. The molecular weight excluding hydrogens is 245 g/mol. The van der Waals surface area contributed by atoms with Crippen molar-refractivity contribution in [3.8, 4) is 0 Å². The molecule has 0 fully saturated rings. The first kappa shape index (κ1) is 13.4. The van der Waals surface area contributed by atoms with Crippen LogP contribution in [0.1, 0.15) is 6.92 Å². The van der Waals surface area contributed by atoms with Gasteiger partial charge in [-0.2, -0.15) is 18.3 Å². The second kappa shape index (κ2) is 3.99. The number of hydrogen-bond acceptors (Lipinski definition) is 5. The molecule has 0 aromatic heterocycles. The second-order valence-electron chi connectivity index (χ2n) is 3.42. The third-order valence-electron chi connectivity index (χ3n) is 2.37. The van der Waals surface area contributed by atoms with Crippen LogP contribution in [0.2, 0.25) is 0 Å². The molecule has 1 amide bonds. The number of methoxy groups -OCH3 is 1. The number of carbonyl (C=O) groups excluding carboxylic acids is 2. The Hall–Kier alpha value is -1.64. The first-order valence-corrected chi connectivity index (χ1v) is 4.37. The minimum absolute atomic E-state index is 0.347. The van der Waals surface area contributed by atoms with Crippen LogP contribution >= 0.6 is 0 Å². The van der Waals surface area contributed by atoms with Gasteiger partial charge in [0.15, 0.2) is 0 Å². The average Bonchev–Trinajstić information content (AvgIpc) is 2.55. The number of esters is 1. The summed E-state index contributed by atoms with van der Waals surface area (Å²) in [7, 11) is 0.679. The highest BCUT2D eigenvalue weighted by molar-refractivity contribution is 6.11. The number of aliphatic hydroxyl groups is 1. The zero-order chi connectivity index (χ0) is 13.4. The molecule has 1 aliphatic rings. The molecule has 1 heterocycles. The maximum Gasteiger partial charge on any atom is 0.429 e. The van der Waals surface area contributed by atoms with Crippen molar-refractivity contribution in [2.24, 2.45) is 11.0 Å². The number of rotatable bonds is 2. The molecule has 0 spiro atoms. The van der Waals surface area contributed by atoms with E-state index < -0.39 is 29.6 Å². The lowest BCUT2D eigenvalue weighted by atomic mass is 9.83. The molecule has 1 rings (SSSR count). The molecule has 0 radical (unpaired) electrons. The average molecular weight is 254 g/mol. The van der Waals surface area contributed by atoms with E-state index >= 15 is 0 Å². The third-order valence-corrected chi connectivity index (χ3v) is 2.37. The molecule has 0 aromatic carbocycles. The number of nitrogens with one attached hydrogen (secondary N) is 1. The van der Waals surface area contributed by atoms with Gasteiger partial charge in [0, 0.05) is 0 Å². The summed E-state index contributed by atoms with van der Waals surface area (Å²) in [6.07, 6.45) is -5.36. The summed E-state index contributed by atoms with van der Waals surface area (Å²) in [4.78, 5) is 22.3. The zero-order valence-corrected chi connectivity index (χ0v) is 8.83. The maximum absolute atomic E-state index is 12.8. The van der Waals surface area contributed by atoms with E-state index in [1.807, 2.05) is 0 Å². The van der Waals surface area contributed by atoms with Gasteiger partial charge in [-0.1, -0.05) is 0 Å². The van der Waals surface area contributed by atoms with Gasteiger partial charge < -0.3 is 9.84 Å². The van der Waals surface area contributed by atoms with Crippen molar-refractivity contribution < 1.29 is 32.6 Å². The topological polar surface area (TPSA) is 88.0 Å². The third kappa shape index (κ3) is 1.86. The van der Waals surface area contributed by atoms with Gasteiger partial charge >= 0.3 is 12.1 Å². The van der Waals surface area contributed by atoms with Crippen molar-refractivity contribution in [2.45, 2.75) is 18.7 Å². The fourth-order valence-electron chi connectivity index (χ4n) is 1.51. The molecule has 2 unspecified atom stereocenters. The lowest BCUT2D eigenvalue weighted by Gasteiger charge is -2.31. The van der Waals surface area contributed by atoms with Crippen LogP contribution in [0.5, 0.6) is 0 Å². The lowest BCUT2D eigenvalue weighted by Crippen LogP contribution is -2.61. The number of amides is 1.